The molecule has 1 aromatic carbocycles. The number of halogens is 1. The summed E-state index contributed by atoms with van der Waals surface area (Å²) in [5.74, 6) is 0. The van der Waals surface area contributed by atoms with Crippen molar-refractivity contribution in [3.8, 4) is 0 Å². The van der Waals surface area contributed by atoms with Gasteiger partial charge >= 0.3 is 0 Å². The highest BCUT2D eigenvalue weighted by molar-refractivity contribution is 9.10. The Hall–Kier alpha value is -0.420. The molecule has 0 aromatic heterocycles. The largest absolute Gasteiger partial charge is 0.395 e. The van der Waals surface area contributed by atoms with Gasteiger partial charge in [-0.25, -0.2) is 0 Å². The molecular weight excluding hydrogens is 270 g/mol. The van der Waals surface area contributed by atoms with Crippen LogP contribution in [0.15, 0.2) is 28.7 Å². The molecule has 16 heavy (non-hydrogen) atoms. The van der Waals surface area contributed by atoms with E-state index >= 15 is 0 Å². The quantitative estimate of drug-likeness (QED) is 0.917. The zero-order valence-electron chi connectivity index (χ0n) is 9.10. The van der Waals surface area contributed by atoms with E-state index in [-0.39, 0.29) is 12.6 Å². The van der Waals surface area contributed by atoms with E-state index in [1.165, 1.54) is 5.56 Å². The number of hydrogen-bond donors (Lipinski definition) is 1. The van der Waals surface area contributed by atoms with Crippen molar-refractivity contribution in [2.24, 2.45) is 0 Å². The van der Waals surface area contributed by atoms with Gasteiger partial charge in [-0.05, 0) is 11.6 Å². The summed E-state index contributed by atoms with van der Waals surface area (Å²) in [6.45, 7) is 3.27. The summed E-state index contributed by atoms with van der Waals surface area (Å²) in [6, 6.07) is 8.32. The van der Waals surface area contributed by atoms with Crippen LogP contribution in [-0.4, -0.2) is 42.4 Å². The topological polar surface area (TPSA) is 32.7 Å². The first-order chi connectivity index (χ1) is 7.81. The van der Waals surface area contributed by atoms with Crippen LogP contribution >= 0.6 is 15.9 Å². The lowest BCUT2D eigenvalue weighted by molar-refractivity contribution is -0.0313. The number of morpholine rings is 1. The highest BCUT2D eigenvalue weighted by atomic mass is 79.9. The van der Waals surface area contributed by atoms with Gasteiger partial charge in [0.1, 0.15) is 0 Å². The van der Waals surface area contributed by atoms with Crippen molar-refractivity contribution in [1.82, 2.24) is 4.90 Å². The maximum atomic E-state index is 9.28. The van der Waals surface area contributed by atoms with Crippen LogP contribution in [0.5, 0.6) is 0 Å². The van der Waals surface area contributed by atoms with Gasteiger partial charge in [0.15, 0.2) is 0 Å². The van der Waals surface area contributed by atoms with Gasteiger partial charge in [-0.15, -0.1) is 0 Å². The summed E-state index contributed by atoms with van der Waals surface area (Å²) >= 11 is 3.54. The molecule has 0 amide bonds. The molecular formula is C12H16BrNO2. The van der Waals surface area contributed by atoms with Crippen molar-refractivity contribution >= 4 is 15.9 Å². The van der Waals surface area contributed by atoms with Gasteiger partial charge in [-0.2, -0.15) is 0 Å². The Morgan fingerprint density at radius 1 is 1.44 bits per heavy atom. The maximum absolute atomic E-state index is 9.28. The molecule has 3 nitrogen and oxygen atoms in total. The zero-order chi connectivity index (χ0) is 11.4. The minimum Gasteiger partial charge on any atom is -0.395 e. The molecule has 88 valence electrons. The molecule has 1 heterocycles. The fourth-order valence-corrected chi connectivity index (χ4v) is 2.32. The standard InChI is InChI=1S/C12H16BrNO2/c13-12-4-2-1-3-10(12)7-14-5-6-16-9-11(14)8-15/h1-4,11,15H,5-9H2. The minimum atomic E-state index is 0.126. The molecule has 1 unspecified atom stereocenters. The number of aliphatic hydroxyl groups excluding tert-OH is 1. The fraction of sp³-hybridized carbons (Fsp3) is 0.500. The van der Waals surface area contributed by atoms with Crippen LogP contribution in [0.2, 0.25) is 0 Å². The number of aliphatic hydroxyl groups is 1. The van der Waals surface area contributed by atoms with Crippen LogP contribution in [0.25, 0.3) is 0 Å². The lowest BCUT2D eigenvalue weighted by Crippen LogP contribution is -2.46. The van der Waals surface area contributed by atoms with Gasteiger partial charge < -0.3 is 9.84 Å². The van der Waals surface area contributed by atoms with Crippen LogP contribution < -0.4 is 0 Å². The fourth-order valence-electron chi connectivity index (χ4n) is 1.91. The first kappa shape index (κ1) is 12.0. The highest BCUT2D eigenvalue weighted by Gasteiger charge is 2.22. The van der Waals surface area contributed by atoms with Crippen molar-refractivity contribution < 1.29 is 9.84 Å². The van der Waals surface area contributed by atoms with Gasteiger partial charge in [-0.1, -0.05) is 34.1 Å². The average molecular weight is 286 g/mol. The number of ether oxygens (including phenoxy) is 1. The van der Waals surface area contributed by atoms with Crippen LogP contribution in [0.1, 0.15) is 5.56 Å². The third-order valence-electron chi connectivity index (χ3n) is 2.89. The van der Waals surface area contributed by atoms with E-state index in [9.17, 15) is 5.11 Å². The summed E-state index contributed by atoms with van der Waals surface area (Å²) in [5, 5.41) is 9.28. The Morgan fingerprint density at radius 3 is 3.00 bits per heavy atom. The predicted molar refractivity (Wildman–Crippen MR) is 66.2 cm³/mol. The second kappa shape index (κ2) is 5.77. The molecule has 1 N–H and O–H groups in total. The van der Waals surface area contributed by atoms with Crippen molar-refractivity contribution in [2.45, 2.75) is 12.6 Å². The number of nitrogens with zero attached hydrogens (tertiary/aromatic N) is 1. The molecule has 0 radical (unpaired) electrons. The molecule has 2 rings (SSSR count). The molecule has 0 saturated carbocycles. The summed E-state index contributed by atoms with van der Waals surface area (Å²) < 4.78 is 6.48. The third kappa shape index (κ3) is 2.83. The normalized spacial score (nSPS) is 22.2. The molecule has 1 fully saturated rings. The number of benzene rings is 1. The van der Waals surface area contributed by atoms with E-state index in [0.29, 0.717) is 6.61 Å². The van der Waals surface area contributed by atoms with Gasteiger partial charge in [0.2, 0.25) is 0 Å². The Kier molecular flexibility index (Phi) is 4.35. The molecule has 1 aliphatic rings. The molecule has 1 atom stereocenters. The molecule has 0 spiro atoms. The molecule has 4 heteroatoms. The summed E-state index contributed by atoms with van der Waals surface area (Å²) in [5.41, 5.74) is 1.25. The first-order valence-electron chi connectivity index (χ1n) is 5.47. The number of rotatable bonds is 3. The lowest BCUT2D eigenvalue weighted by atomic mass is 10.1. The van der Waals surface area contributed by atoms with Gasteiger partial charge in [-0.3, -0.25) is 4.90 Å². The SMILES string of the molecule is OCC1COCCN1Cc1ccccc1Br. The van der Waals surface area contributed by atoms with Crippen molar-refractivity contribution in [3.63, 3.8) is 0 Å². The van der Waals surface area contributed by atoms with E-state index in [0.717, 1.165) is 24.2 Å². The lowest BCUT2D eigenvalue weighted by Gasteiger charge is -2.34. The molecule has 1 saturated heterocycles. The zero-order valence-corrected chi connectivity index (χ0v) is 10.7. The maximum Gasteiger partial charge on any atom is 0.0644 e. The van der Waals surface area contributed by atoms with Crippen LogP contribution in [0.4, 0.5) is 0 Å². The molecule has 0 bridgehead atoms. The van der Waals surface area contributed by atoms with E-state index in [4.69, 9.17) is 4.74 Å². The second-order valence-electron chi connectivity index (χ2n) is 3.97. The van der Waals surface area contributed by atoms with Crippen LogP contribution in [0.3, 0.4) is 0 Å². The van der Waals surface area contributed by atoms with Crippen molar-refractivity contribution in [2.75, 3.05) is 26.4 Å². The Labute approximate surface area is 104 Å². The van der Waals surface area contributed by atoms with E-state index in [2.05, 4.69) is 26.9 Å². The van der Waals surface area contributed by atoms with Crippen LogP contribution in [0, 0.1) is 0 Å². The third-order valence-corrected chi connectivity index (χ3v) is 3.67. The van der Waals surface area contributed by atoms with E-state index < -0.39 is 0 Å². The first-order valence-corrected chi connectivity index (χ1v) is 6.26. The Balaban J connectivity index is 2.05. The summed E-state index contributed by atoms with van der Waals surface area (Å²) in [6.07, 6.45) is 0. The molecule has 0 aliphatic carbocycles. The molecule has 1 aliphatic heterocycles. The van der Waals surface area contributed by atoms with Crippen molar-refractivity contribution in [1.29, 1.82) is 0 Å². The molecule has 1 aromatic rings. The monoisotopic (exact) mass is 285 g/mol. The predicted octanol–water partition coefficient (Wildman–Crippen LogP) is 1.64. The van der Waals surface area contributed by atoms with Gasteiger partial charge in [0.05, 0.1) is 25.9 Å². The second-order valence-corrected chi connectivity index (χ2v) is 4.83. The average Bonchev–Trinajstić information content (AvgIpc) is 2.33. The minimum absolute atomic E-state index is 0.126. The van der Waals surface area contributed by atoms with Gasteiger partial charge in [0, 0.05) is 17.6 Å². The smallest absolute Gasteiger partial charge is 0.0644 e. The Morgan fingerprint density at radius 2 is 2.25 bits per heavy atom. The number of hydrogen-bond acceptors (Lipinski definition) is 3. The van der Waals surface area contributed by atoms with Crippen LogP contribution in [-0.2, 0) is 11.3 Å². The van der Waals surface area contributed by atoms with Gasteiger partial charge in [0.25, 0.3) is 0 Å². The summed E-state index contributed by atoms with van der Waals surface area (Å²) in [7, 11) is 0. The Bertz CT molecular complexity index is 346. The highest BCUT2D eigenvalue weighted by Crippen LogP contribution is 2.19. The van der Waals surface area contributed by atoms with Crippen molar-refractivity contribution in [3.05, 3.63) is 34.3 Å². The summed E-state index contributed by atoms with van der Waals surface area (Å²) in [4.78, 5) is 2.27. The van der Waals surface area contributed by atoms with E-state index in [1.54, 1.807) is 0 Å². The van der Waals surface area contributed by atoms with E-state index in [1.807, 2.05) is 18.2 Å².